The van der Waals surface area contributed by atoms with E-state index in [1.807, 2.05) is 0 Å². The molecular formula is C24H24F5N3O3S. The van der Waals surface area contributed by atoms with Crippen molar-refractivity contribution in [2.45, 2.75) is 35.7 Å². The molecule has 3 atom stereocenters. The normalized spacial score (nSPS) is 26.0. The summed E-state index contributed by atoms with van der Waals surface area (Å²) in [6, 6.07) is 6.05. The summed E-state index contributed by atoms with van der Waals surface area (Å²) >= 11 is 0. The highest BCUT2D eigenvalue weighted by Crippen LogP contribution is 2.36. The van der Waals surface area contributed by atoms with Crippen molar-refractivity contribution in [1.82, 2.24) is 9.21 Å². The second-order valence-corrected chi connectivity index (χ2v) is 11.3. The molecule has 0 spiro atoms. The zero-order chi connectivity index (χ0) is 25.8. The third-order valence-corrected chi connectivity index (χ3v) is 8.83. The molecule has 5 rings (SSSR count). The Hall–Kier alpha value is -2.38. The Morgan fingerprint density at radius 3 is 2.17 bits per heavy atom. The Balaban J connectivity index is 1.20. The lowest BCUT2D eigenvalue weighted by Gasteiger charge is -2.39. The highest BCUT2D eigenvalue weighted by atomic mass is 32.2. The number of rotatable bonds is 4. The molecule has 2 aromatic rings. The van der Waals surface area contributed by atoms with E-state index in [2.05, 4.69) is 4.90 Å². The maximum absolute atomic E-state index is 14.2. The van der Waals surface area contributed by atoms with Gasteiger partial charge in [0, 0.05) is 43.8 Å². The third-order valence-electron chi connectivity index (χ3n) is 7.02. The van der Waals surface area contributed by atoms with E-state index in [0.717, 1.165) is 53.6 Å². The van der Waals surface area contributed by atoms with Gasteiger partial charge in [0.25, 0.3) is 0 Å². The first kappa shape index (κ1) is 25.3. The fourth-order valence-corrected chi connectivity index (χ4v) is 6.55. The van der Waals surface area contributed by atoms with Gasteiger partial charge in [-0.2, -0.15) is 17.5 Å². The van der Waals surface area contributed by atoms with Gasteiger partial charge in [0.15, 0.2) is 0 Å². The van der Waals surface area contributed by atoms with E-state index >= 15 is 0 Å². The number of sulfonamides is 1. The molecule has 6 nitrogen and oxygen atoms in total. The van der Waals surface area contributed by atoms with Crippen molar-refractivity contribution in [2.24, 2.45) is 5.73 Å². The van der Waals surface area contributed by atoms with Crippen LogP contribution in [0.15, 0.2) is 58.5 Å². The summed E-state index contributed by atoms with van der Waals surface area (Å²) in [4.78, 5) is 1.95. The number of hydrogen-bond donors (Lipinski definition) is 1. The number of alkyl halides is 3. The summed E-state index contributed by atoms with van der Waals surface area (Å²) in [6.45, 7) is 1.60. The minimum atomic E-state index is -4.54. The summed E-state index contributed by atoms with van der Waals surface area (Å²) in [7, 11) is -3.94. The SMILES string of the molecule is NC1CC(N2CC3=C(C2)CN(S(=O)(=O)c2ccc(C(F)(F)F)cc2)C3)CO[C@@H]1c1cc(F)ccc1F. The summed E-state index contributed by atoms with van der Waals surface area (Å²) in [5.74, 6) is -1.15. The van der Waals surface area contributed by atoms with E-state index in [0.29, 0.717) is 19.5 Å². The zero-order valence-electron chi connectivity index (χ0n) is 19.0. The standard InChI is InChI=1S/C24H24F5N3O3S/c25-17-3-6-21(26)20(7-17)23-22(30)8-18(13-35-23)31-9-14-11-32(12-15(14)10-31)36(33,34)19-4-1-16(2-5-19)24(27,28)29/h1-7,18,22-23H,8-13,30H2/t18?,22?,23-/m1/s1. The molecule has 36 heavy (non-hydrogen) atoms. The minimum Gasteiger partial charge on any atom is -0.370 e. The van der Waals surface area contributed by atoms with Crippen LogP contribution in [-0.4, -0.2) is 62.5 Å². The van der Waals surface area contributed by atoms with Crippen molar-refractivity contribution in [2.75, 3.05) is 32.8 Å². The molecule has 194 valence electrons. The van der Waals surface area contributed by atoms with Gasteiger partial charge in [0.2, 0.25) is 10.0 Å². The molecule has 3 aliphatic rings. The molecule has 2 unspecified atom stereocenters. The fourth-order valence-electron chi connectivity index (χ4n) is 5.12. The maximum atomic E-state index is 14.2. The first-order chi connectivity index (χ1) is 16.9. The Morgan fingerprint density at radius 1 is 0.944 bits per heavy atom. The third kappa shape index (κ3) is 4.68. The minimum absolute atomic E-state index is 0.0709. The molecule has 2 aromatic carbocycles. The molecule has 2 N–H and O–H groups in total. The van der Waals surface area contributed by atoms with Crippen LogP contribution in [0, 0.1) is 11.6 Å². The van der Waals surface area contributed by atoms with Crippen LogP contribution in [0.4, 0.5) is 22.0 Å². The van der Waals surface area contributed by atoms with Crippen molar-refractivity contribution < 1.29 is 35.1 Å². The second kappa shape index (κ2) is 9.18. The number of hydrogen-bond acceptors (Lipinski definition) is 5. The van der Waals surface area contributed by atoms with Gasteiger partial charge in [-0.3, -0.25) is 4.90 Å². The molecular weight excluding hydrogens is 505 g/mol. The quantitative estimate of drug-likeness (QED) is 0.485. The van der Waals surface area contributed by atoms with Crippen molar-refractivity contribution in [3.05, 3.63) is 76.4 Å². The lowest BCUT2D eigenvalue weighted by Crippen LogP contribution is -2.49. The van der Waals surface area contributed by atoms with E-state index in [1.54, 1.807) is 0 Å². The van der Waals surface area contributed by atoms with Crippen LogP contribution in [0.25, 0.3) is 0 Å². The Morgan fingerprint density at radius 2 is 1.58 bits per heavy atom. The van der Waals surface area contributed by atoms with Crippen LogP contribution < -0.4 is 5.73 Å². The smallest absolute Gasteiger partial charge is 0.370 e. The van der Waals surface area contributed by atoms with Crippen molar-refractivity contribution in [1.29, 1.82) is 0 Å². The second-order valence-electron chi connectivity index (χ2n) is 9.38. The van der Waals surface area contributed by atoms with E-state index in [1.165, 1.54) is 4.31 Å². The number of halogens is 5. The summed E-state index contributed by atoms with van der Waals surface area (Å²) in [5, 5.41) is 0. The molecule has 3 heterocycles. The van der Waals surface area contributed by atoms with Crippen LogP contribution in [0.5, 0.6) is 0 Å². The van der Waals surface area contributed by atoms with E-state index in [4.69, 9.17) is 10.5 Å². The molecule has 0 aromatic heterocycles. The molecule has 0 radical (unpaired) electrons. The highest BCUT2D eigenvalue weighted by molar-refractivity contribution is 7.89. The summed E-state index contributed by atoms with van der Waals surface area (Å²) in [6.07, 6.45) is -4.81. The van der Waals surface area contributed by atoms with Gasteiger partial charge >= 0.3 is 6.18 Å². The van der Waals surface area contributed by atoms with E-state index < -0.39 is 45.5 Å². The van der Waals surface area contributed by atoms with Gasteiger partial charge in [0.1, 0.15) is 17.7 Å². The lowest BCUT2D eigenvalue weighted by molar-refractivity contribution is -0.137. The van der Waals surface area contributed by atoms with Gasteiger partial charge in [-0.05, 0) is 60.0 Å². The van der Waals surface area contributed by atoms with E-state index in [9.17, 15) is 30.4 Å². The fraction of sp³-hybridized carbons (Fsp3) is 0.417. The molecule has 0 amide bonds. The summed E-state index contributed by atoms with van der Waals surface area (Å²) < 4.78 is 99.3. The average Bonchev–Trinajstić information content (AvgIpc) is 3.40. The van der Waals surface area contributed by atoms with Gasteiger partial charge < -0.3 is 10.5 Å². The van der Waals surface area contributed by atoms with E-state index in [-0.39, 0.29) is 36.2 Å². The van der Waals surface area contributed by atoms with Crippen molar-refractivity contribution >= 4 is 10.0 Å². The predicted octanol–water partition coefficient (Wildman–Crippen LogP) is 3.46. The predicted molar refractivity (Wildman–Crippen MR) is 120 cm³/mol. The molecule has 3 aliphatic heterocycles. The monoisotopic (exact) mass is 529 g/mol. The Kier molecular flexibility index (Phi) is 6.44. The lowest BCUT2D eigenvalue weighted by atomic mass is 9.93. The molecule has 1 fully saturated rings. The van der Waals surface area contributed by atoms with Crippen LogP contribution in [0.1, 0.15) is 23.7 Å². The highest BCUT2D eigenvalue weighted by Gasteiger charge is 2.41. The molecule has 1 saturated heterocycles. The first-order valence-corrected chi connectivity index (χ1v) is 12.8. The average molecular weight is 530 g/mol. The Bertz CT molecular complexity index is 1280. The van der Waals surface area contributed by atoms with Crippen LogP contribution in [-0.2, 0) is 20.9 Å². The molecule has 0 aliphatic carbocycles. The number of nitrogens with two attached hydrogens (primary N) is 1. The van der Waals surface area contributed by atoms with Gasteiger partial charge in [-0.15, -0.1) is 0 Å². The zero-order valence-corrected chi connectivity index (χ0v) is 19.8. The van der Waals surface area contributed by atoms with Crippen molar-refractivity contribution in [3.8, 4) is 0 Å². The summed E-state index contributed by atoms with van der Waals surface area (Å²) in [5.41, 5.74) is 7.34. The largest absolute Gasteiger partial charge is 0.416 e. The molecule has 0 bridgehead atoms. The number of nitrogens with zero attached hydrogens (tertiary/aromatic N) is 2. The molecule has 12 heteroatoms. The van der Waals surface area contributed by atoms with Gasteiger partial charge in [-0.1, -0.05) is 0 Å². The van der Waals surface area contributed by atoms with Crippen LogP contribution in [0.3, 0.4) is 0 Å². The van der Waals surface area contributed by atoms with Gasteiger partial charge in [-0.25, -0.2) is 17.2 Å². The van der Waals surface area contributed by atoms with Crippen LogP contribution in [0.2, 0.25) is 0 Å². The number of ether oxygens (including phenoxy) is 1. The topological polar surface area (TPSA) is 75.9 Å². The Labute approximate surface area is 205 Å². The first-order valence-electron chi connectivity index (χ1n) is 11.4. The number of benzene rings is 2. The van der Waals surface area contributed by atoms with Crippen LogP contribution >= 0.6 is 0 Å². The maximum Gasteiger partial charge on any atom is 0.416 e. The van der Waals surface area contributed by atoms with Crippen molar-refractivity contribution in [3.63, 3.8) is 0 Å². The van der Waals surface area contributed by atoms with Gasteiger partial charge in [0.05, 0.1) is 17.1 Å². The molecule has 0 saturated carbocycles.